The molecule has 0 N–H and O–H groups in total. The molecule has 0 bridgehead atoms. The average Bonchev–Trinajstić information content (AvgIpc) is 2.62. The molecule has 0 aliphatic carbocycles. The highest BCUT2D eigenvalue weighted by molar-refractivity contribution is 5.95. The molecule has 0 aliphatic heterocycles. The average molecular weight is 356 g/mol. The predicted octanol–water partition coefficient (Wildman–Crippen LogP) is 4.43. The highest BCUT2D eigenvalue weighted by Gasteiger charge is 2.22. The maximum Gasteiger partial charge on any atom is 0.346 e. The topological polar surface area (TPSA) is 56.5 Å². The minimum atomic E-state index is -0.828. The summed E-state index contributed by atoms with van der Waals surface area (Å²) in [6.07, 6.45) is 0. The van der Waals surface area contributed by atoms with Gasteiger partial charge in [-0.3, -0.25) is 4.79 Å². The number of carbonyl (C=O) groups is 1. The summed E-state index contributed by atoms with van der Waals surface area (Å²) >= 11 is 0. The molecular weight excluding hydrogens is 342 g/mol. The standard InChI is InChI=1S/C20H14F2O4/c1-2-25-20(24)18-16(23)11-17(12-3-7-14(21)8-4-12)26-19(18)13-5-9-15(22)10-6-13/h3-11H,2H2,1H3. The minimum Gasteiger partial charge on any atom is -0.462 e. The van der Waals surface area contributed by atoms with Crippen molar-refractivity contribution in [3.63, 3.8) is 0 Å². The summed E-state index contributed by atoms with van der Waals surface area (Å²) in [6.45, 7) is 1.70. The van der Waals surface area contributed by atoms with E-state index in [0.717, 1.165) is 6.07 Å². The second-order valence-corrected chi connectivity index (χ2v) is 5.41. The summed E-state index contributed by atoms with van der Waals surface area (Å²) in [4.78, 5) is 24.8. The van der Waals surface area contributed by atoms with Gasteiger partial charge in [0.25, 0.3) is 0 Å². The van der Waals surface area contributed by atoms with E-state index in [9.17, 15) is 18.4 Å². The number of halogens is 2. The Bertz CT molecular complexity index is 990. The molecule has 4 nitrogen and oxygen atoms in total. The van der Waals surface area contributed by atoms with Crippen molar-refractivity contribution in [3.8, 4) is 22.6 Å². The Labute approximate surface area is 147 Å². The van der Waals surface area contributed by atoms with E-state index in [1.54, 1.807) is 6.92 Å². The van der Waals surface area contributed by atoms with Crippen LogP contribution in [0.1, 0.15) is 17.3 Å². The van der Waals surface area contributed by atoms with Crippen molar-refractivity contribution < 1.29 is 22.7 Å². The van der Waals surface area contributed by atoms with Gasteiger partial charge in [-0.2, -0.15) is 0 Å². The number of carbonyl (C=O) groups excluding carboxylic acids is 1. The van der Waals surface area contributed by atoms with Crippen molar-refractivity contribution in [3.05, 3.63) is 82.0 Å². The fourth-order valence-corrected chi connectivity index (χ4v) is 2.45. The van der Waals surface area contributed by atoms with Crippen LogP contribution in [0, 0.1) is 11.6 Å². The zero-order chi connectivity index (χ0) is 18.7. The smallest absolute Gasteiger partial charge is 0.346 e. The Balaban J connectivity index is 2.22. The molecule has 1 heterocycles. The number of hydrogen-bond acceptors (Lipinski definition) is 4. The lowest BCUT2D eigenvalue weighted by molar-refractivity contribution is 0.0523. The van der Waals surface area contributed by atoms with Crippen molar-refractivity contribution in [2.24, 2.45) is 0 Å². The van der Waals surface area contributed by atoms with Crippen LogP contribution >= 0.6 is 0 Å². The van der Waals surface area contributed by atoms with Crippen LogP contribution in [0.15, 0.2) is 63.8 Å². The summed E-state index contributed by atoms with van der Waals surface area (Å²) < 4.78 is 37.0. The van der Waals surface area contributed by atoms with Gasteiger partial charge in [-0.15, -0.1) is 0 Å². The Hall–Kier alpha value is -3.28. The SMILES string of the molecule is CCOC(=O)c1c(-c2ccc(F)cc2)oc(-c2ccc(F)cc2)cc1=O. The maximum absolute atomic E-state index is 13.2. The minimum absolute atomic E-state index is 0.0322. The summed E-state index contributed by atoms with van der Waals surface area (Å²) in [5, 5.41) is 0. The van der Waals surface area contributed by atoms with Crippen LogP contribution in [0.4, 0.5) is 8.78 Å². The molecule has 2 aromatic carbocycles. The van der Waals surface area contributed by atoms with Crippen LogP contribution < -0.4 is 5.43 Å². The molecule has 0 saturated carbocycles. The van der Waals surface area contributed by atoms with E-state index >= 15 is 0 Å². The zero-order valence-corrected chi connectivity index (χ0v) is 13.8. The van der Waals surface area contributed by atoms with Crippen molar-refractivity contribution in [2.45, 2.75) is 6.92 Å². The first-order valence-corrected chi connectivity index (χ1v) is 7.86. The zero-order valence-electron chi connectivity index (χ0n) is 13.8. The molecule has 0 atom stereocenters. The lowest BCUT2D eigenvalue weighted by atomic mass is 10.0. The van der Waals surface area contributed by atoms with Crippen LogP contribution in [0.5, 0.6) is 0 Å². The van der Waals surface area contributed by atoms with Gasteiger partial charge in [0.15, 0.2) is 11.3 Å². The summed E-state index contributed by atoms with van der Waals surface area (Å²) in [5.41, 5.74) is -0.0737. The van der Waals surface area contributed by atoms with E-state index < -0.39 is 23.0 Å². The Morgan fingerprint density at radius 1 is 0.962 bits per heavy atom. The van der Waals surface area contributed by atoms with E-state index in [1.807, 2.05) is 0 Å². The van der Waals surface area contributed by atoms with E-state index in [0.29, 0.717) is 11.1 Å². The third-order valence-electron chi connectivity index (χ3n) is 3.66. The van der Waals surface area contributed by atoms with Gasteiger partial charge in [-0.05, 0) is 55.5 Å². The van der Waals surface area contributed by atoms with E-state index in [4.69, 9.17) is 9.15 Å². The molecule has 0 unspecified atom stereocenters. The van der Waals surface area contributed by atoms with Crippen LogP contribution in [0.25, 0.3) is 22.6 Å². The molecular formula is C20H14F2O4. The van der Waals surface area contributed by atoms with Gasteiger partial charge in [0.2, 0.25) is 5.43 Å². The number of rotatable bonds is 4. The molecule has 132 valence electrons. The molecule has 0 amide bonds. The number of benzene rings is 2. The van der Waals surface area contributed by atoms with Crippen LogP contribution in [0.2, 0.25) is 0 Å². The van der Waals surface area contributed by atoms with Crippen LogP contribution in [-0.2, 0) is 4.74 Å². The third-order valence-corrected chi connectivity index (χ3v) is 3.66. The summed E-state index contributed by atoms with van der Waals surface area (Å²) in [5.74, 6) is -1.61. The summed E-state index contributed by atoms with van der Waals surface area (Å²) in [7, 11) is 0. The van der Waals surface area contributed by atoms with E-state index in [2.05, 4.69) is 0 Å². The first kappa shape index (κ1) is 17.5. The van der Waals surface area contributed by atoms with Gasteiger partial charge < -0.3 is 9.15 Å². The number of esters is 1. The molecule has 3 rings (SSSR count). The molecule has 0 spiro atoms. The second-order valence-electron chi connectivity index (χ2n) is 5.41. The fraction of sp³-hybridized carbons (Fsp3) is 0.100. The maximum atomic E-state index is 13.2. The monoisotopic (exact) mass is 356 g/mol. The van der Waals surface area contributed by atoms with Crippen LogP contribution in [-0.4, -0.2) is 12.6 Å². The normalized spacial score (nSPS) is 10.6. The molecule has 26 heavy (non-hydrogen) atoms. The third kappa shape index (κ3) is 3.54. The Morgan fingerprint density at radius 3 is 2.04 bits per heavy atom. The second kappa shape index (κ2) is 7.31. The highest BCUT2D eigenvalue weighted by Crippen LogP contribution is 2.28. The van der Waals surface area contributed by atoms with Crippen molar-refractivity contribution in [1.29, 1.82) is 0 Å². The first-order chi connectivity index (χ1) is 12.5. The quantitative estimate of drug-likeness (QED) is 0.649. The molecule has 6 heteroatoms. The molecule has 3 aromatic rings. The van der Waals surface area contributed by atoms with Crippen molar-refractivity contribution in [1.82, 2.24) is 0 Å². The molecule has 1 aromatic heterocycles. The van der Waals surface area contributed by atoms with Gasteiger partial charge in [0, 0.05) is 17.2 Å². The van der Waals surface area contributed by atoms with Gasteiger partial charge in [0.05, 0.1) is 6.61 Å². The Kier molecular flexibility index (Phi) is 4.93. The van der Waals surface area contributed by atoms with Gasteiger partial charge >= 0.3 is 5.97 Å². The van der Waals surface area contributed by atoms with Gasteiger partial charge in [-0.1, -0.05) is 0 Å². The summed E-state index contributed by atoms with van der Waals surface area (Å²) in [6, 6.07) is 11.7. The predicted molar refractivity (Wildman–Crippen MR) is 91.7 cm³/mol. The largest absolute Gasteiger partial charge is 0.462 e. The van der Waals surface area contributed by atoms with Crippen molar-refractivity contribution >= 4 is 5.97 Å². The number of hydrogen-bond donors (Lipinski definition) is 0. The molecule has 0 radical (unpaired) electrons. The lowest BCUT2D eigenvalue weighted by Crippen LogP contribution is -2.18. The highest BCUT2D eigenvalue weighted by atomic mass is 19.1. The van der Waals surface area contributed by atoms with Crippen LogP contribution in [0.3, 0.4) is 0 Å². The Morgan fingerprint density at radius 2 is 1.50 bits per heavy atom. The van der Waals surface area contributed by atoms with E-state index in [-0.39, 0.29) is 23.7 Å². The van der Waals surface area contributed by atoms with E-state index in [1.165, 1.54) is 48.5 Å². The van der Waals surface area contributed by atoms with Crippen molar-refractivity contribution in [2.75, 3.05) is 6.61 Å². The fourth-order valence-electron chi connectivity index (χ4n) is 2.45. The van der Waals surface area contributed by atoms with Gasteiger partial charge in [0.1, 0.15) is 17.4 Å². The van der Waals surface area contributed by atoms with Gasteiger partial charge in [-0.25, -0.2) is 13.6 Å². The molecule has 0 aliphatic rings. The lowest BCUT2D eigenvalue weighted by Gasteiger charge is -2.10. The molecule has 0 fully saturated rings. The number of ether oxygens (including phenoxy) is 1. The first-order valence-electron chi connectivity index (χ1n) is 7.86. The molecule has 0 saturated heterocycles.